The average Bonchev–Trinajstić information content (AvgIpc) is 2.67. The maximum Gasteiger partial charge on any atom is 0.255 e. The first kappa shape index (κ1) is 18.6. The van der Waals surface area contributed by atoms with Gasteiger partial charge in [0.25, 0.3) is 11.8 Å². The third-order valence-corrected chi connectivity index (χ3v) is 4.28. The third kappa shape index (κ3) is 4.92. The fraction of sp³-hybridized carbons (Fsp3) is 0.0500. The van der Waals surface area contributed by atoms with Crippen LogP contribution in [0.3, 0.4) is 0 Å². The van der Waals surface area contributed by atoms with Crippen LogP contribution in [0.25, 0.3) is 0 Å². The predicted molar refractivity (Wildman–Crippen MR) is 106 cm³/mol. The highest BCUT2D eigenvalue weighted by molar-refractivity contribution is 9.10. The Balaban J connectivity index is 1.64. The van der Waals surface area contributed by atoms with Crippen molar-refractivity contribution in [3.8, 4) is 5.75 Å². The zero-order valence-corrected chi connectivity index (χ0v) is 15.7. The van der Waals surface area contributed by atoms with Gasteiger partial charge < -0.3 is 15.7 Å². The van der Waals surface area contributed by atoms with Crippen molar-refractivity contribution in [2.24, 2.45) is 0 Å². The van der Waals surface area contributed by atoms with Crippen LogP contribution in [-0.2, 0) is 6.54 Å². The smallest absolute Gasteiger partial charge is 0.255 e. The van der Waals surface area contributed by atoms with E-state index < -0.39 is 0 Å². The van der Waals surface area contributed by atoms with Crippen LogP contribution in [0.5, 0.6) is 5.75 Å². The molecular formula is C20H16BrN3O3. The summed E-state index contributed by atoms with van der Waals surface area (Å²) in [6.45, 7) is 0.257. The van der Waals surface area contributed by atoms with Crippen LogP contribution in [0, 0.1) is 0 Å². The van der Waals surface area contributed by atoms with Gasteiger partial charge in [-0.3, -0.25) is 14.6 Å². The first-order valence-corrected chi connectivity index (χ1v) is 8.89. The van der Waals surface area contributed by atoms with Crippen LogP contribution in [0.1, 0.15) is 26.3 Å². The normalized spacial score (nSPS) is 10.3. The van der Waals surface area contributed by atoms with E-state index in [-0.39, 0.29) is 29.7 Å². The molecule has 27 heavy (non-hydrogen) atoms. The minimum absolute atomic E-state index is 0.0970. The summed E-state index contributed by atoms with van der Waals surface area (Å²) in [5.41, 5.74) is 2.14. The highest BCUT2D eigenvalue weighted by atomic mass is 79.9. The minimum Gasteiger partial charge on any atom is -0.507 e. The SMILES string of the molecule is O=C(Nc1cccc(CNC(=O)c2ccc(Br)cc2O)c1)c1ccncc1. The van der Waals surface area contributed by atoms with Gasteiger partial charge in [0.1, 0.15) is 5.75 Å². The van der Waals surface area contributed by atoms with Gasteiger partial charge in [-0.15, -0.1) is 0 Å². The monoisotopic (exact) mass is 425 g/mol. The topological polar surface area (TPSA) is 91.3 Å². The van der Waals surface area contributed by atoms with Gasteiger partial charge in [-0.05, 0) is 48.0 Å². The van der Waals surface area contributed by atoms with Crippen LogP contribution in [0.2, 0.25) is 0 Å². The van der Waals surface area contributed by atoms with E-state index in [0.717, 1.165) is 5.56 Å². The lowest BCUT2D eigenvalue weighted by Crippen LogP contribution is -2.23. The van der Waals surface area contributed by atoms with Crippen LogP contribution >= 0.6 is 15.9 Å². The number of carbonyl (C=O) groups excluding carboxylic acids is 2. The highest BCUT2D eigenvalue weighted by Gasteiger charge is 2.11. The van der Waals surface area contributed by atoms with Crippen molar-refractivity contribution >= 4 is 33.4 Å². The second-order valence-electron chi connectivity index (χ2n) is 5.73. The van der Waals surface area contributed by atoms with E-state index in [9.17, 15) is 14.7 Å². The van der Waals surface area contributed by atoms with Crippen molar-refractivity contribution in [1.29, 1.82) is 0 Å². The number of nitrogens with zero attached hydrogens (tertiary/aromatic N) is 1. The van der Waals surface area contributed by atoms with Gasteiger partial charge >= 0.3 is 0 Å². The molecule has 2 aromatic carbocycles. The Morgan fingerprint density at radius 1 is 1.00 bits per heavy atom. The largest absolute Gasteiger partial charge is 0.507 e. The zero-order chi connectivity index (χ0) is 19.2. The summed E-state index contributed by atoms with van der Waals surface area (Å²) in [6, 6.07) is 15.1. The van der Waals surface area contributed by atoms with Crippen molar-refractivity contribution in [3.63, 3.8) is 0 Å². The molecule has 0 radical (unpaired) electrons. The molecule has 3 aromatic rings. The predicted octanol–water partition coefficient (Wildman–Crippen LogP) is 3.73. The Hall–Kier alpha value is -3.19. The summed E-state index contributed by atoms with van der Waals surface area (Å²) < 4.78 is 0.689. The quantitative estimate of drug-likeness (QED) is 0.580. The lowest BCUT2D eigenvalue weighted by molar-refractivity contribution is 0.0947. The number of nitrogens with one attached hydrogen (secondary N) is 2. The molecule has 0 unspecified atom stereocenters. The number of anilines is 1. The molecule has 0 aliphatic rings. The standard InChI is InChI=1S/C20H16BrN3O3/c21-15-4-5-17(18(25)11-15)20(27)23-12-13-2-1-3-16(10-13)24-19(26)14-6-8-22-9-7-14/h1-11,25H,12H2,(H,23,27)(H,24,26). The lowest BCUT2D eigenvalue weighted by atomic mass is 10.1. The number of halogens is 1. The minimum atomic E-state index is -0.383. The first-order valence-electron chi connectivity index (χ1n) is 8.10. The number of carbonyl (C=O) groups is 2. The summed E-state index contributed by atoms with van der Waals surface area (Å²) >= 11 is 3.24. The maximum atomic E-state index is 12.2. The molecule has 136 valence electrons. The number of hydrogen-bond donors (Lipinski definition) is 3. The molecule has 0 atom stereocenters. The molecule has 0 aliphatic carbocycles. The third-order valence-electron chi connectivity index (χ3n) is 3.78. The Labute approximate surface area is 164 Å². The van der Waals surface area contributed by atoms with Crippen molar-refractivity contribution < 1.29 is 14.7 Å². The molecule has 7 heteroatoms. The molecule has 0 fully saturated rings. The first-order chi connectivity index (χ1) is 13.0. The fourth-order valence-electron chi connectivity index (χ4n) is 2.44. The van der Waals surface area contributed by atoms with Crippen molar-refractivity contribution in [1.82, 2.24) is 10.3 Å². The van der Waals surface area contributed by atoms with Gasteiger partial charge in [0.05, 0.1) is 5.56 Å². The number of aromatic nitrogens is 1. The maximum absolute atomic E-state index is 12.2. The van der Waals surface area contributed by atoms with E-state index in [0.29, 0.717) is 15.7 Å². The molecular weight excluding hydrogens is 410 g/mol. The van der Waals surface area contributed by atoms with Crippen LogP contribution < -0.4 is 10.6 Å². The Morgan fingerprint density at radius 3 is 2.52 bits per heavy atom. The molecule has 0 saturated heterocycles. The fourth-order valence-corrected chi connectivity index (χ4v) is 2.79. The van der Waals surface area contributed by atoms with Gasteiger partial charge in [0.2, 0.25) is 0 Å². The molecule has 1 heterocycles. The summed E-state index contributed by atoms with van der Waals surface area (Å²) in [5, 5.41) is 15.4. The van der Waals surface area contributed by atoms with E-state index in [1.807, 2.05) is 6.07 Å². The Kier molecular flexibility index (Phi) is 5.83. The van der Waals surface area contributed by atoms with Crippen molar-refractivity contribution in [2.45, 2.75) is 6.54 Å². The van der Waals surface area contributed by atoms with Crippen LogP contribution in [-0.4, -0.2) is 21.9 Å². The number of rotatable bonds is 5. The molecule has 2 amide bonds. The second kappa shape index (κ2) is 8.46. The van der Waals surface area contributed by atoms with Gasteiger partial charge in [-0.2, -0.15) is 0 Å². The number of amides is 2. The molecule has 0 bridgehead atoms. The molecule has 1 aromatic heterocycles. The highest BCUT2D eigenvalue weighted by Crippen LogP contribution is 2.22. The summed E-state index contributed by atoms with van der Waals surface area (Å²) in [7, 11) is 0. The van der Waals surface area contributed by atoms with Crippen molar-refractivity contribution in [3.05, 3.63) is 88.2 Å². The number of benzene rings is 2. The van der Waals surface area contributed by atoms with Crippen molar-refractivity contribution in [2.75, 3.05) is 5.32 Å². The summed E-state index contributed by atoms with van der Waals surface area (Å²) in [5.74, 6) is -0.718. The molecule has 0 spiro atoms. The zero-order valence-electron chi connectivity index (χ0n) is 14.1. The molecule has 0 saturated carbocycles. The molecule has 6 nitrogen and oxygen atoms in total. The van der Waals surface area contributed by atoms with E-state index in [4.69, 9.17) is 0 Å². The Morgan fingerprint density at radius 2 is 1.78 bits per heavy atom. The van der Waals surface area contributed by atoms with Gasteiger partial charge in [0.15, 0.2) is 0 Å². The summed E-state index contributed by atoms with van der Waals surface area (Å²) in [4.78, 5) is 28.3. The molecule has 3 N–H and O–H groups in total. The van der Waals surface area contributed by atoms with E-state index in [2.05, 4.69) is 31.5 Å². The molecule has 3 rings (SSSR count). The number of hydrogen-bond acceptors (Lipinski definition) is 4. The van der Waals surface area contributed by atoms with E-state index in [1.165, 1.54) is 6.07 Å². The second-order valence-corrected chi connectivity index (χ2v) is 6.65. The van der Waals surface area contributed by atoms with Gasteiger partial charge in [-0.1, -0.05) is 28.1 Å². The van der Waals surface area contributed by atoms with Crippen LogP contribution in [0.15, 0.2) is 71.5 Å². The van der Waals surface area contributed by atoms with Gasteiger partial charge in [0, 0.05) is 34.7 Å². The number of pyridine rings is 1. The van der Waals surface area contributed by atoms with E-state index in [1.54, 1.807) is 54.9 Å². The number of phenols is 1. The average molecular weight is 426 g/mol. The number of phenolic OH excluding ortho intramolecular Hbond substituents is 1. The lowest BCUT2D eigenvalue weighted by Gasteiger charge is -2.10. The number of aromatic hydroxyl groups is 1. The van der Waals surface area contributed by atoms with E-state index >= 15 is 0 Å². The summed E-state index contributed by atoms with van der Waals surface area (Å²) in [6.07, 6.45) is 3.11. The van der Waals surface area contributed by atoms with Gasteiger partial charge in [-0.25, -0.2) is 0 Å². The Bertz CT molecular complexity index is 977. The van der Waals surface area contributed by atoms with Crippen LogP contribution in [0.4, 0.5) is 5.69 Å². The molecule has 0 aliphatic heterocycles.